The summed E-state index contributed by atoms with van der Waals surface area (Å²) in [5, 5.41) is 1.52. The van der Waals surface area contributed by atoms with E-state index in [1.165, 1.54) is 17.7 Å². The number of hydrogen-bond acceptors (Lipinski definition) is 4. The fourth-order valence-electron chi connectivity index (χ4n) is 3.20. The largest absolute Gasteiger partial charge is 0.299 e. The highest BCUT2D eigenvalue weighted by Gasteiger charge is 2.24. The maximum Gasteiger partial charge on any atom is 0.0468 e. The highest BCUT2D eigenvalue weighted by molar-refractivity contribution is 8.71. The Hall–Kier alpha value is -0.0400. The minimum Gasteiger partial charge on any atom is -0.299 e. The van der Waals surface area contributed by atoms with Crippen molar-refractivity contribution in [3.63, 3.8) is 0 Å². The quantitative estimate of drug-likeness (QED) is 0.656. The van der Waals surface area contributed by atoms with Crippen molar-refractivity contribution in [2.24, 2.45) is 4.36 Å². The standard InChI is InChI=1S/C17H23Cl2N3S2/c1-21(12-15-16(18)4-3-5-17(15)19)13-6-8-22(9-7-13)11-14-10-20-24(2)23-14/h3-5,10,13H,6-9,11-12H2,1-2H3. The fraction of sp³-hybridized carbons (Fsp3) is 0.529. The number of halogens is 2. The molecule has 2 aliphatic heterocycles. The average molecular weight is 404 g/mol. The molecule has 3 rings (SSSR count). The molecule has 2 heterocycles. The SMILES string of the molecule is CN(Cc1c(Cl)cccc1Cl)C1CCN(CC2=CN=S(C)S2)CC1. The van der Waals surface area contributed by atoms with Gasteiger partial charge in [0.05, 0.1) is 0 Å². The van der Waals surface area contributed by atoms with E-state index in [1.807, 2.05) is 29.0 Å². The summed E-state index contributed by atoms with van der Waals surface area (Å²) >= 11 is 12.6. The lowest BCUT2D eigenvalue weighted by Crippen LogP contribution is -2.43. The second kappa shape index (κ2) is 8.56. The lowest BCUT2D eigenvalue weighted by molar-refractivity contribution is 0.130. The van der Waals surface area contributed by atoms with Crippen molar-refractivity contribution in [3.05, 3.63) is 44.9 Å². The van der Waals surface area contributed by atoms with Crippen molar-refractivity contribution in [2.75, 3.05) is 32.9 Å². The molecule has 1 unspecified atom stereocenters. The lowest BCUT2D eigenvalue weighted by atomic mass is 10.0. The summed E-state index contributed by atoms with van der Waals surface area (Å²) in [5.41, 5.74) is 1.04. The molecule has 0 aromatic heterocycles. The Labute approximate surface area is 160 Å². The molecule has 3 nitrogen and oxygen atoms in total. The van der Waals surface area contributed by atoms with E-state index in [0.717, 1.165) is 41.8 Å². The van der Waals surface area contributed by atoms with E-state index in [1.54, 1.807) is 0 Å². The third kappa shape index (κ3) is 4.77. The summed E-state index contributed by atoms with van der Waals surface area (Å²) in [6, 6.07) is 6.32. The smallest absolute Gasteiger partial charge is 0.0468 e. The fourth-order valence-corrected chi connectivity index (χ4v) is 6.22. The van der Waals surface area contributed by atoms with Gasteiger partial charge in [0.2, 0.25) is 0 Å². The number of nitrogens with zero attached hydrogens (tertiary/aromatic N) is 3. The highest BCUT2D eigenvalue weighted by Crippen LogP contribution is 2.30. The molecule has 0 saturated carbocycles. The van der Waals surface area contributed by atoms with Gasteiger partial charge in [-0.25, -0.2) is 4.36 Å². The van der Waals surface area contributed by atoms with Crippen LogP contribution in [-0.2, 0) is 16.3 Å². The number of likely N-dealkylation sites (tertiary alicyclic amines) is 1. The second-order valence-electron chi connectivity index (χ2n) is 6.33. The Bertz CT molecular complexity index is 635. The molecule has 0 amide bonds. The Morgan fingerprint density at radius 1 is 1.29 bits per heavy atom. The van der Waals surface area contributed by atoms with E-state index in [2.05, 4.69) is 33.7 Å². The minimum absolute atomic E-state index is 0.140. The topological polar surface area (TPSA) is 18.8 Å². The van der Waals surface area contributed by atoms with Gasteiger partial charge in [0.1, 0.15) is 0 Å². The Morgan fingerprint density at radius 2 is 1.96 bits per heavy atom. The van der Waals surface area contributed by atoms with Gasteiger partial charge in [-0.3, -0.25) is 9.80 Å². The van der Waals surface area contributed by atoms with E-state index in [9.17, 15) is 0 Å². The van der Waals surface area contributed by atoms with Crippen LogP contribution in [0.1, 0.15) is 18.4 Å². The Kier molecular flexibility index (Phi) is 6.69. The monoisotopic (exact) mass is 403 g/mol. The first-order valence-electron chi connectivity index (χ1n) is 8.12. The Morgan fingerprint density at radius 3 is 2.54 bits per heavy atom. The van der Waals surface area contributed by atoms with Crippen LogP contribution in [0.3, 0.4) is 0 Å². The van der Waals surface area contributed by atoms with Crippen molar-refractivity contribution >= 4 is 43.7 Å². The van der Waals surface area contributed by atoms with Gasteiger partial charge < -0.3 is 0 Å². The number of rotatable bonds is 5. The van der Waals surface area contributed by atoms with E-state index >= 15 is 0 Å². The molecule has 0 radical (unpaired) electrons. The van der Waals surface area contributed by atoms with Crippen molar-refractivity contribution in [1.82, 2.24) is 9.80 Å². The van der Waals surface area contributed by atoms with Crippen molar-refractivity contribution < 1.29 is 0 Å². The van der Waals surface area contributed by atoms with Crippen LogP contribution in [0, 0.1) is 0 Å². The Balaban J connectivity index is 1.49. The molecule has 2 aliphatic rings. The van der Waals surface area contributed by atoms with Crippen LogP contribution in [-0.4, -0.2) is 48.8 Å². The first-order valence-corrected chi connectivity index (χ1v) is 11.8. The van der Waals surface area contributed by atoms with Gasteiger partial charge in [-0.1, -0.05) is 29.3 Å². The van der Waals surface area contributed by atoms with Gasteiger partial charge >= 0.3 is 0 Å². The van der Waals surface area contributed by atoms with Gasteiger partial charge in [-0.2, -0.15) is 0 Å². The molecule has 0 N–H and O–H groups in total. The van der Waals surface area contributed by atoms with Crippen LogP contribution in [0.4, 0.5) is 0 Å². The molecular weight excluding hydrogens is 381 g/mol. The molecule has 24 heavy (non-hydrogen) atoms. The summed E-state index contributed by atoms with van der Waals surface area (Å²) in [7, 11) is 4.23. The molecule has 1 fully saturated rings. The molecule has 1 aromatic rings. The lowest BCUT2D eigenvalue weighted by Gasteiger charge is -2.37. The van der Waals surface area contributed by atoms with Gasteiger partial charge in [0, 0.05) is 52.1 Å². The van der Waals surface area contributed by atoms with Crippen molar-refractivity contribution in [3.8, 4) is 0 Å². The highest BCUT2D eigenvalue weighted by atomic mass is 35.5. The third-order valence-electron chi connectivity index (χ3n) is 4.60. The van der Waals surface area contributed by atoms with Gasteiger partial charge in [0.15, 0.2) is 0 Å². The zero-order valence-corrected chi connectivity index (χ0v) is 17.2. The van der Waals surface area contributed by atoms with Crippen LogP contribution >= 0.6 is 34.0 Å². The molecular formula is C17H23Cl2N3S2. The van der Waals surface area contributed by atoms with Gasteiger partial charge in [-0.15, -0.1) is 0 Å². The maximum absolute atomic E-state index is 6.31. The van der Waals surface area contributed by atoms with Crippen molar-refractivity contribution in [2.45, 2.75) is 25.4 Å². The molecule has 7 heteroatoms. The van der Waals surface area contributed by atoms with Crippen LogP contribution in [0.25, 0.3) is 0 Å². The van der Waals surface area contributed by atoms with E-state index < -0.39 is 0 Å². The van der Waals surface area contributed by atoms with Crippen LogP contribution in [0.15, 0.2) is 33.7 Å². The molecule has 132 valence electrons. The average Bonchev–Trinajstić information content (AvgIpc) is 2.96. The van der Waals surface area contributed by atoms with E-state index in [-0.39, 0.29) is 9.72 Å². The molecule has 1 atom stereocenters. The van der Waals surface area contributed by atoms with Crippen molar-refractivity contribution in [1.29, 1.82) is 0 Å². The third-order valence-corrected chi connectivity index (χ3v) is 8.03. The van der Waals surface area contributed by atoms with E-state index in [0.29, 0.717) is 6.04 Å². The van der Waals surface area contributed by atoms with Crippen LogP contribution in [0.5, 0.6) is 0 Å². The predicted octanol–water partition coefficient (Wildman–Crippen LogP) is 4.82. The molecule has 1 aromatic carbocycles. The number of hydrogen-bond donors (Lipinski definition) is 0. The van der Waals surface area contributed by atoms with Crippen LogP contribution in [0.2, 0.25) is 10.0 Å². The first kappa shape index (κ1) is 18.7. The predicted molar refractivity (Wildman–Crippen MR) is 109 cm³/mol. The second-order valence-corrected chi connectivity index (χ2v) is 10.8. The number of benzene rings is 1. The molecule has 0 spiro atoms. The van der Waals surface area contributed by atoms with Gasteiger partial charge in [-0.05, 0) is 65.6 Å². The normalized spacial score (nSPS) is 22.7. The minimum atomic E-state index is 0.140. The van der Waals surface area contributed by atoms with E-state index in [4.69, 9.17) is 23.2 Å². The summed E-state index contributed by atoms with van der Waals surface area (Å²) < 4.78 is 4.46. The zero-order chi connectivity index (χ0) is 17.1. The van der Waals surface area contributed by atoms with Crippen LogP contribution < -0.4 is 0 Å². The van der Waals surface area contributed by atoms with Gasteiger partial charge in [0.25, 0.3) is 0 Å². The summed E-state index contributed by atoms with van der Waals surface area (Å²) in [5.74, 6) is 0. The summed E-state index contributed by atoms with van der Waals surface area (Å²) in [4.78, 5) is 6.35. The molecule has 1 saturated heterocycles. The molecule has 0 bridgehead atoms. The summed E-state index contributed by atoms with van der Waals surface area (Å²) in [6.07, 6.45) is 6.61. The maximum atomic E-state index is 6.31. The zero-order valence-electron chi connectivity index (χ0n) is 14.0. The first-order chi connectivity index (χ1) is 11.5. The number of piperidine rings is 1. The summed E-state index contributed by atoms with van der Waals surface area (Å²) in [6.45, 7) is 4.14. The molecule has 0 aliphatic carbocycles.